The van der Waals surface area contributed by atoms with Crippen molar-refractivity contribution < 1.29 is 9.53 Å². The summed E-state index contributed by atoms with van der Waals surface area (Å²) in [7, 11) is 1.61. The number of nitrogens with one attached hydrogen (secondary N) is 1. The third-order valence-electron chi connectivity index (χ3n) is 4.96. The minimum atomic E-state index is -0.564. The molecule has 2 bridgehead atoms. The van der Waals surface area contributed by atoms with E-state index in [0.29, 0.717) is 5.41 Å². The maximum Gasteiger partial charge on any atom is 0.239 e. The van der Waals surface area contributed by atoms with E-state index in [-0.39, 0.29) is 12.0 Å². The second-order valence-corrected chi connectivity index (χ2v) is 6.14. The van der Waals surface area contributed by atoms with Crippen LogP contribution in [0.2, 0.25) is 0 Å². The summed E-state index contributed by atoms with van der Waals surface area (Å²) in [6, 6.07) is -0.564. The van der Waals surface area contributed by atoms with Gasteiger partial charge < -0.3 is 15.8 Å². The van der Waals surface area contributed by atoms with Crippen molar-refractivity contribution in [2.24, 2.45) is 17.1 Å². The van der Waals surface area contributed by atoms with Gasteiger partial charge in [-0.25, -0.2) is 0 Å². The molecular weight excluding hydrogens is 228 g/mol. The molecule has 0 heterocycles. The van der Waals surface area contributed by atoms with Crippen molar-refractivity contribution in [2.45, 2.75) is 57.6 Å². The quantitative estimate of drug-likeness (QED) is 0.780. The number of nitrogens with two attached hydrogens (primary N) is 1. The highest BCUT2D eigenvalue weighted by Crippen LogP contribution is 2.50. The molecule has 0 aromatic carbocycles. The molecule has 4 heteroatoms. The minimum Gasteiger partial charge on any atom is -0.376 e. The maximum absolute atomic E-state index is 11.4. The van der Waals surface area contributed by atoms with Gasteiger partial charge in [0.05, 0.1) is 12.7 Å². The molecule has 0 aromatic rings. The molecular formula is C14H26N2O2. The van der Waals surface area contributed by atoms with Crippen LogP contribution in [0.4, 0.5) is 0 Å². The molecule has 0 radical (unpaired) electrons. The third-order valence-corrected chi connectivity index (χ3v) is 4.96. The van der Waals surface area contributed by atoms with Crippen molar-refractivity contribution in [3.63, 3.8) is 0 Å². The first kappa shape index (κ1) is 13.8. The molecule has 3 aliphatic rings. The van der Waals surface area contributed by atoms with Crippen LogP contribution in [0.1, 0.15) is 45.4 Å². The number of carbonyl (C=O) groups is 1. The molecule has 3 aliphatic carbocycles. The molecule has 2 atom stereocenters. The fourth-order valence-corrected chi connectivity index (χ4v) is 3.35. The number of fused-ring (bicyclic) bond motifs is 3. The van der Waals surface area contributed by atoms with Gasteiger partial charge in [-0.1, -0.05) is 0 Å². The molecule has 18 heavy (non-hydrogen) atoms. The van der Waals surface area contributed by atoms with Crippen molar-refractivity contribution in [3.8, 4) is 0 Å². The van der Waals surface area contributed by atoms with Gasteiger partial charge >= 0.3 is 0 Å². The van der Waals surface area contributed by atoms with Crippen molar-refractivity contribution in [1.82, 2.24) is 5.32 Å². The lowest BCUT2D eigenvalue weighted by Gasteiger charge is -2.46. The normalized spacial score (nSPS) is 34.1. The molecule has 3 rings (SSSR count). The van der Waals surface area contributed by atoms with Crippen LogP contribution < -0.4 is 11.1 Å². The summed E-state index contributed by atoms with van der Waals surface area (Å²) in [5.41, 5.74) is 6.22. The molecule has 104 valence electrons. The summed E-state index contributed by atoms with van der Waals surface area (Å²) in [5, 5.41) is 2.57. The fourth-order valence-electron chi connectivity index (χ4n) is 3.35. The van der Waals surface area contributed by atoms with Crippen LogP contribution in [-0.2, 0) is 9.53 Å². The van der Waals surface area contributed by atoms with Crippen LogP contribution in [0.5, 0.6) is 0 Å². The first-order valence-corrected chi connectivity index (χ1v) is 7.15. The third kappa shape index (κ3) is 2.86. The largest absolute Gasteiger partial charge is 0.376 e. The predicted octanol–water partition coefficient (Wildman–Crippen LogP) is 1.44. The van der Waals surface area contributed by atoms with Gasteiger partial charge in [0, 0.05) is 7.05 Å². The maximum atomic E-state index is 11.4. The minimum absolute atomic E-state index is 0.146. The highest BCUT2D eigenvalue weighted by molar-refractivity contribution is 5.81. The summed E-state index contributed by atoms with van der Waals surface area (Å²) in [6.07, 6.45) is 7.75. The van der Waals surface area contributed by atoms with Gasteiger partial charge in [-0.15, -0.1) is 0 Å². The molecule has 0 aromatic heterocycles. The van der Waals surface area contributed by atoms with E-state index in [1.165, 1.54) is 38.5 Å². The Bertz CT molecular complexity index is 284. The van der Waals surface area contributed by atoms with Crippen LogP contribution in [-0.4, -0.2) is 31.7 Å². The zero-order valence-electron chi connectivity index (χ0n) is 11.6. The zero-order chi connectivity index (χ0) is 13.2. The number of hydrogen-bond acceptors (Lipinski definition) is 3. The van der Waals surface area contributed by atoms with Gasteiger partial charge in [-0.05, 0) is 56.8 Å². The van der Waals surface area contributed by atoms with Gasteiger partial charge in [0.15, 0.2) is 0 Å². The first-order chi connectivity index (χ1) is 8.56. The SMILES string of the molecule is CNC(=O)[C@@H](N)[C@@H](C)OCC12CCC(CC1)CC2. The first-order valence-electron chi connectivity index (χ1n) is 7.15. The monoisotopic (exact) mass is 254 g/mol. The average molecular weight is 254 g/mol. The topological polar surface area (TPSA) is 64.4 Å². The standard InChI is InChI=1S/C14H26N2O2/c1-10(12(15)13(17)16-2)18-9-14-6-3-11(4-7-14)5-8-14/h10-12H,3-9,15H2,1-2H3,(H,16,17)/t10-,11?,12+,14?/m1/s1. The summed E-state index contributed by atoms with van der Waals surface area (Å²) < 4.78 is 5.90. The van der Waals surface area contributed by atoms with E-state index in [0.717, 1.165) is 12.5 Å². The summed E-state index contributed by atoms with van der Waals surface area (Å²) in [4.78, 5) is 11.4. The number of hydrogen-bond donors (Lipinski definition) is 2. The Morgan fingerprint density at radius 1 is 1.39 bits per heavy atom. The van der Waals surface area contributed by atoms with E-state index >= 15 is 0 Å². The van der Waals surface area contributed by atoms with Gasteiger partial charge in [-0.2, -0.15) is 0 Å². The Labute approximate surface area is 110 Å². The lowest BCUT2D eigenvalue weighted by Crippen LogP contribution is -2.48. The van der Waals surface area contributed by atoms with Gasteiger partial charge in [0.2, 0.25) is 5.91 Å². The Balaban J connectivity index is 1.81. The highest BCUT2D eigenvalue weighted by Gasteiger charge is 2.41. The van der Waals surface area contributed by atoms with E-state index in [9.17, 15) is 4.79 Å². The molecule has 1 amide bonds. The van der Waals surface area contributed by atoms with E-state index in [2.05, 4.69) is 5.32 Å². The number of likely N-dealkylation sites (N-methyl/N-ethyl adjacent to an activating group) is 1. The second kappa shape index (κ2) is 5.57. The van der Waals surface area contributed by atoms with Crippen LogP contribution in [0.3, 0.4) is 0 Å². The fraction of sp³-hybridized carbons (Fsp3) is 0.929. The molecule has 0 aliphatic heterocycles. The Kier molecular flexibility index (Phi) is 4.28. The van der Waals surface area contributed by atoms with Gasteiger partial charge in [-0.3, -0.25) is 4.79 Å². The molecule has 0 unspecified atom stereocenters. The van der Waals surface area contributed by atoms with Crippen LogP contribution in [0.25, 0.3) is 0 Å². The molecule has 3 saturated carbocycles. The van der Waals surface area contributed by atoms with Crippen molar-refractivity contribution in [1.29, 1.82) is 0 Å². The van der Waals surface area contributed by atoms with Crippen molar-refractivity contribution in [2.75, 3.05) is 13.7 Å². The van der Waals surface area contributed by atoms with Crippen LogP contribution >= 0.6 is 0 Å². The van der Waals surface area contributed by atoms with Gasteiger partial charge in [0.25, 0.3) is 0 Å². The molecule has 4 nitrogen and oxygen atoms in total. The molecule has 3 fully saturated rings. The lowest BCUT2D eigenvalue weighted by molar-refractivity contribution is -0.127. The zero-order valence-corrected chi connectivity index (χ0v) is 11.6. The predicted molar refractivity (Wildman–Crippen MR) is 71.1 cm³/mol. The van der Waals surface area contributed by atoms with E-state index < -0.39 is 6.04 Å². The molecule has 0 spiro atoms. The number of ether oxygens (including phenoxy) is 1. The summed E-state index contributed by atoms with van der Waals surface area (Å²) in [6.45, 7) is 2.66. The lowest BCUT2D eigenvalue weighted by atomic mass is 9.61. The summed E-state index contributed by atoms with van der Waals surface area (Å²) in [5.74, 6) is 0.824. The van der Waals surface area contributed by atoms with E-state index in [1.807, 2.05) is 6.92 Å². The molecule has 0 saturated heterocycles. The molecule has 3 N–H and O–H groups in total. The summed E-state index contributed by atoms with van der Waals surface area (Å²) >= 11 is 0. The van der Waals surface area contributed by atoms with Crippen molar-refractivity contribution >= 4 is 5.91 Å². The van der Waals surface area contributed by atoms with Gasteiger partial charge in [0.1, 0.15) is 6.04 Å². The Hall–Kier alpha value is -0.610. The van der Waals surface area contributed by atoms with Crippen molar-refractivity contribution in [3.05, 3.63) is 0 Å². The van der Waals surface area contributed by atoms with E-state index in [4.69, 9.17) is 10.5 Å². The smallest absolute Gasteiger partial charge is 0.239 e. The second-order valence-electron chi connectivity index (χ2n) is 6.14. The number of amides is 1. The Morgan fingerprint density at radius 3 is 2.44 bits per heavy atom. The Morgan fingerprint density at radius 2 is 1.94 bits per heavy atom. The highest BCUT2D eigenvalue weighted by atomic mass is 16.5. The van der Waals surface area contributed by atoms with Crippen LogP contribution in [0.15, 0.2) is 0 Å². The van der Waals surface area contributed by atoms with E-state index in [1.54, 1.807) is 7.05 Å². The number of rotatable bonds is 5. The van der Waals surface area contributed by atoms with Crippen LogP contribution in [0, 0.1) is 11.3 Å². The number of carbonyl (C=O) groups excluding carboxylic acids is 1. The average Bonchev–Trinajstić information content (AvgIpc) is 2.45.